The lowest BCUT2D eigenvalue weighted by Gasteiger charge is -2.26. The van der Waals surface area contributed by atoms with Crippen LogP contribution in [0.3, 0.4) is 0 Å². The molecule has 0 unspecified atom stereocenters. The van der Waals surface area contributed by atoms with E-state index < -0.39 is 29.9 Å². The van der Waals surface area contributed by atoms with Gasteiger partial charge in [0, 0.05) is 6.42 Å². The van der Waals surface area contributed by atoms with Crippen LogP contribution in [0, 0.1) is 0 Å². The van der Waals surface area contributed by atoms with E-state index in [9.17, 15) is 14.2 Å². The molecule has 0 aromatic carbocycles. The Morgan fingerprint density at radius 1 is 1.18 bits per heavy atom. The second-order valence-electron chi connectivity index (χ2n) is 4.13. The molecule has 1 atom stereocenters. The Hall–Kier alpha value is -0.0400. The lowest BCUT2D eigenvalue weighted by molar-refractivity contribution is -0.117. The minimum Gasteiger partial charge on any atom is -0.445 e. The first-order valence-electron chi connectivity index (χ1n) is 6.42. The van der Waals surface area contributed by atoms with Gasteiger partial charge in [0.2, 0.25) is 3.79 Å². The monoisotopic (exact) mass is 397 g/mol. The van der Waals surface area contributed by atoms with Crippen LogP contribution in [0.15, 0.2) is 0 Å². The van der Waals surface area contributed by atoms with Gasteiger partial charge in [-0.15, -0.1) is 0 Å². The van der Waals surface area contributed by atoms with Crippen LogP contribution in [0.4, 0.5) is 4.79 Å². The van der Waals surface area contributed by atoms with Gasteiger partial charge in [-0.1, -0.05) is 34.8 Å². The molecule has 0 aromatic rings. The molecule has 0 rings (SSSR count). The fraction of sp³-hybridized carbons (Fsp3) is 0.818. The Labute approximate surface area is 144 Å². The summed E-state index contributed by atoms with van der Waals surface area (Å²) in [6, 6.07) is 0. The zero-order chi connectivity index (χ0) is 17.4. The van der Waals surface area contributed by atoms with Crippen LogP contribution in [0.5, 0.6) is 0 Å². The van der Waals surface area contributed by atoms with E-state index in [1.54, 1.807) is 13.8 Å². The van der Waals surface area contributed by atoms with E-state index >= 15 is 0 Å². The number of Topliss-reactive ketones (excluding diaryl/α,β-unsaturated/α-hetero) is 1. The summed E-state index contributed by atoms with van der Waals surface area (Å²) in [5.74, 6) is -1.50. The molecule has 0 saturated carbocycles. The molecule has 0 radical (unpaired) electrons. The number of ketones is 1. The average Bonchev–Trinajstić information content (AvgIpc) is 2.35. The van der Waals surface area contributed by atoms with E-state index in [0.29, 0.717) is 0 Å². The van der Waals surface area contributed by atoms with Crippen molar-refractivity contribution in [3.63, 3.8) is 0 Å². The average molecular weight is 399 g/mol. The Morgan fingerprint density at radius 3 is 2.05 bits per heavy atom. The molecular weight excluding hydrogens is 379 g/mol. The van der Waals surface area contributed by atoms with Crippen LogP contribution in [-0.2, 0) is 23.1 Å². The summed E-state index contributed by atoms with van der Waals surface area (Å²) in [7, 11) is -3.73. The third-order valence-corrected chi connectivity index (χ3v) is 4.77. The minimum absolute atomic E-state index is 0.0799. The number of alkyl halides is 3. The lowest BCUT2D eigenvalue weighted by atomic mass is 10.3. The zero-order valence-corrected chi connectivity index (χ0v) is 15.6. The highest BCUT2D eigenvalue weighted by molar-refractivity contribution is 7.54. The molecule has 11 heteroatoms. The standard InChI is InChI=1S/C11H19Cl3NO6P/c1-4-20-22(18,21-5-2)9(6-8(3)16)15-10(17)19-7-11(12,13)14/h9H,4-7H2,1-3H3,(H,15,17)/t9-/m0/s1. The van der Waals surface area contributed by atoms with Crippen molar-refractivity contribution in [1.29, 1.82) is 0 Å². The summed E-state index contributed by atoms with van der Waals surface area (Å²) < 4.78 is 25.8. The van der Waals surface area contributed by atoms with E-state index in [0.717, 1.165) is 0 Å². The normalized spacial score (nSPS) is 13.5. The molecule has 0 bridgehead atoms. The number of rotatable bonds is 9. The summed E-state index contributed by atoms with van der Waals surface area (Å²) in [6.07, 6.45) is -1.25. The maximum absolute atomic E-state index is 12.6. The van der Waals surface area contributed by atoms with E-state index in [4.69, 9.17) is 43.9 Å². The molecule has 0 fully saturated rings. The smallest absolute Gasteiger partial charge is 0.408 e. The molecule has 0 spiro atoms. The first kappa shape index (κ1) is 22.0. The summed E-state index contributed by atoms with van der Waals surface area (Å²) in [5, 5.41) is 2.26. The van der Waals surface area contributed by atoms with Crippen molar-refractivity contribution in [2.75, 3.05) is 19.8 Å². The van der Waals surface area contributed by atoms with Crippen molar-refractivity contribution in [3.8, 4) is 0 Å². The number of nitrogens with one attached hydrogen (secondary N) is 1. The maximum Gasteiger partial charge on any atom is 0.408 e. The van der Waals surface area contributed by atoms with Crippen LogP contribution >= 0.6 is 42.4 Å². The second kappa shape index (κ2) is 9.96. The number of alkyl carbamates (subject to hydrolysis) is 1. The Bertz CT molecular complexity index is 419. The van der Waals surface area contributed by atoms with Gasteiger partial charge in [-0.2, -0.15) is 0 Å². The van der Waals surface area contributed by atoms with E-state index in [1.165, 1.54) is 6.92 Å². The molecule has 0 heterocycles. The van der Waals surface area contributed by atoms with Crippen molar-refractivity contribution >= 4 is 54.3 Å². The Morgan fingerprint density at radius 2 is 1.68 bits per heavy atom. The summed E-state index contributed by atoms with van der Waals surface area (Å²) in [5.41, 5.74) is 0. The molecule has 7 nitrogen and oxygen atoms in total. The van der Waals surface area contributed by atoms with Crippen molar-refractivity contribution < 1.29 is 27.9 Å². The zero-order valence-electron chi connectivity index (χ0n) is 12.4. The molecule has 1 N–H and O–H groups in total. The first-order chi connectivity index (χ1) is 10.0. The largest absolute Gasteiger partial charge is 0.445 e. The number of hydrogen-bond donors (Lipinski definition) is 1. The SMILES string of the molecule is CCOP(=O)(OCC)[C@@H](CC(C)=O)NC(=O)OCC(Cl)(Cl)Cl. The van der Waals surface area contributed by atoms with Gasteiger partial charge < -0.3 is 19.1 Å². The summed E-state index contributed by atoms with van der Waals surface area (Å²) >= 11 is 16.4. The third kappa shape index (κ3) is 9.18. The molecule has 0 saturated heterocycles. The molecule has 0 aliphatic rings. The molecule has 130 valence electrons. The molecule has 0 aromatic heterocycles. The summed E-state index contributed by atoms with van der Waals surface area (Å²) in [6.45, 7) is 4.15. The van der Waals surface area contributed by atoms with Gasteiger partial charge in [-0.05, 0) is 20.8 Å². The summed E-state index contributed by atoms with van der Waals surface area (Å²) in [4.78, 5) is 23.0. The minimum atomic E-state index is -3.73. The van der Waals surface area contributed by atoms with Crippen molar-refractivity contribution in [3.05, 3.63) is 0 Å². The second-order valence-corrected chi connectivity index (χ2v) is 8.87. The van der Waals surface area contributed by atoms with Gasteiger partial charge >= 0.3 is 13.7 Å². The highest BCUT2D eigenvalue weighted by Crippen LogP contribution is 2.53. The highest BCUT2D eigenvalue weighted by atomic mass is 35.6. The molecular formula is C11H19Cl3NO6P. The number of hydrogen-bond acceptors (Lipinski definition) is 6. The van der Waals surface area contributed by atoms with Gasteiger partial charge in [0.1, 0.15) is 18.2 Å². The molecule has 22 heavy (non-hydrogen) atoms. The van der Waals surface area contributed by atoms with Gasteiger partial charge in [0.25, 0.3) is 0 Å². The predicted octanol–water partition coefficient (Wildman–Crippen LogP) is 3.65. The molecule has 1 amide bonds. The quantitative estimate of drug-likeness (QED) is 0.471. The van der Waals surface area contributed by atoms with Crippen LogP contribution < -0.4 is 5.32 Å². The predicted molar refractivity (Wildman–Crippen MR) is 84.7 cm³/mol. The van der Waals surface area contributed by atoms with E-state index in [-0.39, 0.29) is 25.4 Å². The van der Waals surface area contributed by atoms with Crippen LogP contribution in [-0.4, -0.2) is 41.3 Å². The third-order valence-electron chi connectivity index (χ3n) is 2.13. The fourth-order valence-electron chi connectivity index (χ4n) is 1.42. The van der Waals surface area contributed by atoms with Crippen LogP contribution in [0.2, 0.25) is 0 Å². The van der Waals surface area contributed by atoms with Gasteiger partial charge in [-0.3, -0.25) is 9.36 Å². The van der Waals surface area contributed by atoms with Crippen molar-refractivity contribution in [1.82, 2.24) is 5.32 Å². The number of halogens is 3. The number of carbonyl (C=O) groups excluding carboxylic acids is 2. The van der Waals surface area contributed by atoms with E-state index in [2.05, 4.69) is 10.1 Å². The molecule has 0 aliphatic carbocycles. The van der Waals surface area contributed by atoms with Crippen LogP contribution in [0.1, 0.15) is 27.2 Å². The topological polar surface area (TPSA) is 90.9 Å². The van der Waals surface area contributed by atoms with Crippen molar-refractivity contribution in [2.45, 2.75) is 36.8 Å². The Kier molecular flexibility index (Phi) is 9.94. The van der Waals surface area contributed by atoms with Gasteiger partial charge in [0.15, 0.2) is 0 Å². The number of amides is 1. The number of ether oxygens (including phenoxy) is 1. The highest BCUT2D eigenvalue weighted by Gasteiger charge is 2.38. The first-order valence-corrected chi connectivity index (χ1v) is 9.17. The molecule has 0 aliphatic heterocycles. The van der Waals surface area contributed by atoms with E-state index in [1.807, 2.05) is 0 Å². The maximum atomic E-state index is 12.6. The van der Waals surface area contributed by atoms with Crippen molar-refractivity contribution in [2.24, 2.45) is 0 Å². The Balaban J connectivity index is 4.99. The van der Waals surface area contributed by atoms with Crippen LogP contribution in [0.25, 0.3) is 0 Å². The fourth-order valence-corrected chi connectivity index (χ4v) is 3.48. The number of carbonyl (C=O) groups is 2. The van der Waals surface area contributed by atoms with Gasteiger partial charge in [-0.25, -0.2) is 4.79 Å². The lowest BCUT2D eigenvalue weighted by Crippen LogP contribution is -2.38. The van der Waals surface area contributed by atoms with Gasteiger partial charge in [0.05, 0.1) is 13.2 Å².